The van der Waals surface area contributed by atoms with Gasteiger partial charge in [0.05, 0.1) is 19.8 Å². The zero-order valence-corrected chi connectivity index (χ0v) is 18.6. The van der Waals surface area contributed by atoms with Crippen molar-refractivity contribution < 1.29 is 57.3 Å². The molecule has 0 aromatic heterocycles. The number of benzene rings is 1. The van der Waals surface area contributed by atoms with Crippen LogP contribution in [-0.2, 0) is 37.0 Å². The molecule has 0 radical (unpaired) electrons. The van der Waals surface area contributed by atoms with Gasteiger partial charge in [0.25, 0.3) is 0 Å². The number of halogens is 5. The molecule has 0 saturated carbocycles. The highest BCUT2D eigenvalue weighted by molar-refractivity contribution is 7.87. The van der Waals surface area contributed by atoms with Gasteiger partial charge in [-0.2, -0.15) is 8.42 Å². The minimum atomic E-state index is -5.64. The molecule has 0 N–H and O–H groups in total. The minimum Gasteiger partial charge on any atom is -0.327 e. The van der Waals surface area contributed by atoms with Crippen LogP contribution in [0, 0.1) is 29.1 Å². The van der Waals surface area contributed by atoms with Gasteiger partial charge in [0.1, 0.15) is 12.3 Å². The van der Waals surface area contributed by atoms with Crippen molar-refractivity contribution in [2.75, 3.05) is 32.1 Å². The molecule has 1 aromatic carbocycles. The van der Waals surface area contributed by atoms with E-state index in [1.165, 1.54) is 20.8 Å². The van der Waals surface area contributed by atoms with E-state index in [2.05, 4.69) is 4.18 Å². The summed E-state index contributed by atoms with van der Waals surface area (Å²) in [6, 6.07) is 0. The van der Waals surface area contributed by atoms with Crippen LogP contribution in [0.2, 0.25) is 0 Å². The van der Waals surface area contributed by atoms with Gasteiger partial charge in [0.15, 0.2) is 28.2 Å². The van der Waals surface area contributed by atoms with Crippen molar-refractivity contribution in [2.24, 2.45) is 0 Å². The fourth-order valence-corrected chi connectivity index (χ4v) is 8.90. The Morgan fingerprint density at radius 3 is 1.53 bits per heavy atom. The number of rotatable bonds is 12. The molecule has 16 heteroatoms. The van der Waals surface area contributed by atoms with Crippen molar-refractivity contribution in [3.8, 4) is 0 Å². The lowest BCUT2D eigenvalue weighted by Crippen LogP contribution is -2.17. The van der Waals surface area contributed by atoms with Crippen molar-refractivity contribution >= 4 is 25.1 Å². The first kappa shape index (κ1) is 27.2. The highest BCUT2D eigenvalue weighted by Crippen LogP contribution is 2.63. The van der Waals surface area contributed by atoms with Crippen LogP contribution in [0.15, 0.2) is 4.90 Å². The van der Waals surface area contributed by atoms with E-state index in [4.69, 9.17) is 13.6 Å². The standard InChI is InChI=1S/C14H19F5O8P2S/c1-4-24-28(20,8-29(21,25-5-2)26-6-3)7-27-30(22,23)14-12(18)10(16)9(15)11(17)13(14)19/h4-8H2,1-3H3. The monoisotopic (exact) mass is 504 g/mol. The van der Waals surface area contributed by atoms with Gasteiger partial charge < -0.3 is 13.6 Å². The Labute approximate surface area is 169 Å². The lowest BCUT2D eigenvalue weighted by atomic mass is 10.3. The summed E-state index contributed by atoms with van der Waals surface area (Å²) in [7, 11) is -14.0. The Kier molecular flexibility index (Phi) is 9.62. The molecule has 174 valence electrons. The Morgan fingerprint density at radius 1 is 0.733 bits per heavy atom. The molecule has 0 saturated heterocycles. The van der Waals surface area contributed by atoms with Crippen LogP contribution in [0.3, 0.4) is 0 Å². The van der Waals surface area contributed by atoms with Gasteiger partial charge in [-0.05, 0) is 20.8 Å². The van der Waals surface area contributed by atoms with Crippen LogP contribution >= 0.6 is 15.0 Å². The average Bonchev–Trinajstić information content (AvgIpc) is 2.63. The summed E-state index contributed by atoms with van der Waals surface area (Å²) in [5.41, 5.74) is 0. The van der Waals surface area contributed by atoms with Crippen molar-refractivity contribution in [3.05, 3.63) is 29.1 Å². The van der Waals surface area contributed by atoms with Crippen LogP contribution in [-0.4, -0.2) is 40.5 Å². The van der Waals surface area contributed by atoms with Crippen LogP contribution in [0.5, 0.6) is 0 Å². The fraction of sp³-hybridized carbons (Fsp3) is 0.571. The van der Waals surface area contributed by atoms with Gasteiger partial charge in [0.2, 0.25) is 13.2 Å². The summed E-state index contributed by atoms with van der Waals surface area (Å²) in [6.45, 7) is 3.68. The van der Waals surface area contributed by atoms with Gasteiger partial charge in [-0.25, -0.2) is 22.0 Å². The van der Waals surface area contributed by atoms with Crippen LogP contribution in [0.4, 0.5) is 22.0 Å². The fourth-order valence-electron chi connectivity index (χ4n) is 2.14. The number of hydrogen-bond acceptors (Lipinski definition) is 8. The smallest absolute Gasteiger partial charge is 0.327 e. The van der Waals surface area contributed by atoms with E-state index in [1.54, 1.807) is 0 Å². The van der Waals surface area contributed by atoms with E-state index in [9.17, 15) is 39.5 Å². The third-order valence-corrected chi connectivity index (χ3v) is 10.4. The molecule has 1 atom stereocenters. The van der Waals surface area contributed by atoms with E-state index >= 15 is 0 Å². The van der Waals surface area contributed by atoms with E-state index < -0.39 is 71.3 Å². The maximum atomic E-state index is 13.8. The Hall–Kier alpha value is -0.880. The first-order chi connectivity index (χ1) is 13.8. The normalized spacial score (nSPS) is 14.7. The summed E-state index contributed by atoms with van der Waals surface area (Å²) in [4.78, 5) is -2.26. The molecule has 0 amide bonds. The molecule has 30 heavy (non-hydrogen) atoms. The minimum absolute atomic E-state index is 0.132. The first-order valence-corrected chi connectivity index (χ1v) is 13.4. The molecular formula is C14H19F5O8P2S. The molecule has 0 aliphatic carbocycles. The predicted octanol–water partition coefficient (Wildman–Crippen LogP) is 4.58. The quantitative estimate of drug-likeness (QED) is 0.134. The van der Waals surface area contributed by atoms with E-state index in [-0.39, 0.29) is 19.8 Å². The first-order valence-electron chi connectivity index (χ1n) is 8.29. The molecule has 0 fully saturated rings. The van der Waals surface area contributed by atoms with Crippen LogP contribution < -0.4 is 0 Å². The number of hydrogen-bond donors (Lipinski definition) is 0. The Balaban J connectivity index is 3.28. The summed E-state index contributed by atoms with van der Waals surface area (Å²) >= 11 is 0. The molecule has 0 spiro atoms. The second kappa shape index (κ2) is 10.6. The third-order valence-electron chi connectivity index (χ3n) is 3.23. The SMILES string of the molecule is CCOP(=O)(COS(=O)(=O)c1c(F)c(F)c(F)c(F)c1F)CP(=O)(OCC)OCC. The van der Waals surface area contributed by atoms with Crippen LogP contribution in [0.25, 0.3) is 0 Å². The maximum Gasteiger partial charge on any atom is 0.340 e. The van der Waals surface area contributed by atoms with E-state index in [0.29, 0.717) is 0 Å². The Morgan fingerprint density at radius 2 is 1.13 bits per heavy atom. The van der Waals surface area contributed by atoms with Crippen molar-refractivity contribution in [3.63, 3.8) is 0 Å². The van der Waals surface area contributed by atoms with Crippen molar-refractivity contribution in [2.45, 2.75) is 25.7 Å². The molecule has 1 unspecified atom stereocenters. The third kappa shape index (κ3) is 6.32. The van der Waals surface area contributed by atoms with Crippen LogP contribution in [0.1, 0.15) is 20.8 Å². The largest absolute Gasteiger partial charge is 0.340 e. The molecule has 8 nitrogen and oxygen atoms in total. The van der Waals surface area contributed by atoms with E-state index in [0.717, 1.165) is 0 Å². The van der Waals surface area contributed by atoms with Crippen molar-refractivity contribution in [1.82, 2.24) is 0 Å². The summed E-state index contributed by atoms with van der Waals surface area (Å²) in [5.74, 6) is -13.9. The zero-order valence-electron chi connectivity index (χ0n) is 16.0. The van der Waals surface area contributed by atoms with Crippen molar-refractivity contribution in [1.29, 1.82) is 0 Å². The zero-order chi connectivity index (χ0) is 23.3. The predicted molar refractivity (Wildman–Crippen MR) is 94.3 cm³/mol. The second-order valence-corrected chi connectivity index (χ2v) is 12.0. The highest BCUT2D eigenvalue weighted by Gasteiger charge is 2.40. The summed E-state index contributed by atoms with van der Waals surface area (Å²) < 4.78 is 136. The molecular weight excluding hydrogens is 485 g/mol. The second-order valence-electron chi connectivity index (χ2n) is 5.42. The molecule has 0 bridgehead atoms. The lowest BCUT2D eigenvalue weighted by molar-refractivity contribution is 0.221. The van der Waals surface area contributed by atoms with Gasteiger partial charge in [0, 0.05) is 0 Å². The van der Waals surface area contributed by atoms with Gasteiger partial charge >= 0.3 is 17.7 Å². The maximum absolute atomic E-state index is 13.8. The summed E-state index contributed by atoms with van der Waals surface area (Å²) in [6.07, 6.45) is -1.42. The molecule has 0 aliphatic heterocycles. The molecule has 1 rings (SSSR count). The van der Waals surface area contributed by atoms with Gasteiger partial charge in [-0.1, -0.05) is 0 Å². The average molecular weight is 504 g/mol. The molecule has 1 aromatic rings. The lowest BCUT2D eigenvalue weighted by Gasteiger charge is -2.23. The highest BCUT2D eigenvalue weighted by atomic mass is 32.2. The van der Waals surface area contributed by atoms with E-state index in [1.807, 2.05) is 0 Å². The van der Waals surface area contributed by atoms with Gasteiger partial charge in [-0.15, -0.1) is 0 Å². The Bertz CT molecular complexity index is 933. The van der Waals surface area contributed by atoms with Gasteiger partial charge in [-0.3, -0.25) is 13.3 Å². The topological polar surface area (TPSA) is 105 Å². The molecule has 0 aliphatic rings. The molecule has 0 heterocycles. The summed E-state index contributed by atoms with van der Waals surface area (Å²) in [5, 5.41) is 0.